The Morgan fingerprint density at radius 2 is 1.92 bits per heavy atom. The highest BCUT2D eigenvalue weighted by Gasteiger charge is 2.15. The van der Waals surface area contributed by atoms with Crippen LogP contribution in [-0.2, 0) is 9.59 Å². The van der Waals surface area contributed by atoms with Crippen molar-refractivity contribution in [2.24, 2.45) is 0 Å². The van der Waals surface area contributed by atoms with Crippen LogP contribution in [0.2, 0.25) is 0 Å². The van der Waals surface area contributed by atoms with E-state index in [9.17, 15) is 9.59 Å². The van der Waals surface area contributed by atoms with Gasteiger partial charge in [-0.15, -0.1) is 11.8 Å². The molecule has 1 N–H and O–H groups in total. The van der Waals surface area contributed by atoms with Gasteiger partial charge in [0.2, 0.25) is 11.8 Å². The first kappa shape index (κ1) is 18.8. The molecule has 0 spiro atoms. The van der Waals surface area contributed by atoms with E-state index in [0.29, 0.717) is 18.7 Å². The van der Waals surface area contributed by atoms with E-state index in [2.05, 4.69) is 35.6 Å². The molecule has 0 aliphatic carbocycles. The number of fused-ring (bicyclic) bond motifs is 1. The Labute approximate surface area is 159 Å². The zero-order valence-corrected chi connectivity index (χ0v) is 15.9. The van der Waals surface area contributed by atoms with Crippen molar-refractivity contribution in [1.82, 2.24) is 10.2 Å². The predicted molar refractivity (Wildman–Crippen MR) is 107 cm³/mol. The Kier molecular flexibility index (Phi) is 6.95. The maximum Gasteiger partial charge on any atom is 0.230 e. The highest BCUT2D eigenvalue weighted by Crippen LogP contribution is 2.23. The summed E-state index contributed by atoms with van der Waals surface area (Å²) in [5, 5.41) is 5.37. The van der Waals surface area contributed by atoms with Crippen LogP contribution in [0.3, 0.4) is 0 Å². The Balaban J connectivity index is 1.36. The minimum absolute atomic E-state index is 0.0466. The maximum atomic E-state index is 12.0. The maximum absolute atomic E-state index is 12.0. The fourth-order valence-electron chi connectivity index (χ4n) is 3.23. The van der Waals surface area contributed by atoms with Gasteiger partial charge in [-0.3, -0.25) is 9.59 Å². The van der Waals surface area contributed by atoms with Crippen LogP contribution in [0.15, 0.2) is 47.4 Å². The van der Waals surface area contributed by atoms with E-state index in [0.717, 1.165) is 43.7 Å². The number of amides is 2. The molecule has 1 aliphatic rings. The third kappa shape index (κ3) is 5.49. The lowest BCUT2D eigenvalue weighted by Crippen LogP contribution is -2.34. The van der Waals surface area contributed by atoms with E-state index >= 15 is 0 Å². The van der Waals surface area contributed by atoms with Crippen LogP contribution in [0.1, 0.15) is 32.1 Å². The molecule has 138 valence electrons. The zero-order valence-electron chi connectivity index (χ0n) is 15.1. The highest BCUT2D eigenvalue weighted by molar-refractivity contribution is 8.00. The number of carbonyl (C=O) groups is 2. The Morgan fingerprint density at radius 1 is 1.08 bits per heavy atom. The summed E-state index contributed by atoms with van der Waals surface area (Å²) in [5.41, 5.74) is 0. The van der Waals surface area contributed by atoms with Crippen LogP contribution in [0.25, 0.3) is 10.8 Å². The van der Waals surface area contributed by atoms with Gasteiger partial charge in [-0.2, -0.15) is 0 Å². The average molecular weight is 371 g/mol. The monoisotopic (exact) mass is 370 g/mol. The molecule has 5 heteroatoms. The van der Waals surface area contributed by atoms with Crippen molar-refractivity contribution in [2.45, 2.75) is 37.0 Å². The Morgan fingerprint density at radius 3 is 2.81 bits per heavy atom. The van der Waals surface area contributed by atoms with Gasteiger partial charge >= 0.3 is 0 Å². The van der Waals surface area contributed by atoms with Gasteiger partial charge in [-0.05, 0) is 42.2 Å². The van der Waals surface area contributed by atoms with Crippen molar-refractivity contribution in [1.29, 1.82) is 0 Å². The molecular weight excluding hydrogens is 344 g/mol. The van der Waals surface area contributed by atoms with Crippen molar-refractivity contribution in [3.63, 3.8) is 0 Å². The molecular formula is C21H26N2O2S. The Bertz CT molecular complexity index is 763. The van der Waals surface area contributed by atoms with Crippen molar-refractivity contribution >= 4 is 34.3 Å². The summed E-state index contributed by atoms with van der Waals surface area (Å²) in [7, 11) is 0. The number of nitrogens with zero attached hydrogens (tertiary/aromatic N) is 1. The highest BCUT2D eigenvalue weighted by atomic mass is 32.2. The molecule has 3 rings (SSSR count). The molecule has 0 bridgehead atoms. The van der Waals surface area contributed by atoms with Gasteiger partial charge < -0.3 is 10.2 Å². The molecule has 2 amide bonds. The average Bonchev–Trinajstić information content (AvgIpc) is 2.87. The second kappa shape index (κ2) is 9.62. The van der Waals surface area contributed by atoms with Crippen LogP contribution >= 0.6 is 11.8 Å². The topological polar surface area (TPSA) is 49.4 Å². The number of benzene rings is 2. The van der Waals surface area contributed by atoms with Crippen LogP contribution in [0, 0.1) is 0 Å². The second-order valence-corrected chi connectivity index (χ2v) is 7.74. The van der Waals surface area contributed by atoms with Gasteiger partial charge in [0.25, 0.3) is 0 Å². The molecule has 1 saturated heterocycles. The molecule has 1 fully saturated rings. The van der Waals surface area contributed by atoms with E-state index in [1.807, 2.05) is 17.0 Å². The number of likely N-dealkylation sites (tertiary alicyclic amines) is 1. The smallest absolute Gasteiger partial charge is 0.230 e. The quantitative estimate of drug-likeness (QED) is 0.595. The molecule has 1 heterocycles. The van der Waals surface area contributed by atoms with Gasteiger partial charge in [0.05, 0.1) is 5.75 Å². The second-order valence-electron chi connectivity index (χ2n) is 6.69. The molecule has 0 unspecified atom stereocenters. The molecule has 0 saturated carbocycles. The standard InChI is InChI=1S/C21H26N2O2S/c24-20(22-12-6-14-23-13-5-1-2-9-21(23)25)16-26-19-11-10-17-7-3-4-8-18(17)15-19/h3-4,7-8,10-11,15H,1-2,5-6,9,12-14,16H2,(H,22,24). The first-order chi connectivity index (χ1) is 12.7. The summed E-state index contributed by atoms with van der Waals surface area (Å²) < 4.78 is 0. The number of hydrogen-bond acceptors (Lipinski definition) is 3. The van der Waals surface area contributed by atoms with E-state index < -0.39 is 0 Å². The molecule has 26 heavy (non-hydrogen) atoms. The lowest BCUT2D eigenvalue weighted by Gasteiger charge is -2.20. The first-order valence-electron chi connectivity index (χ1n) is 9.38. The van der Waals surface area contributed by atoms with Gasteiger partial charge in [-0.25, -0.2) is 0 Å². The van der Waals surface area contributed by atoms with Crippen molar-refractivity contribution in [2.75, 3.05) is 25.4 Å². The van der Waals surface area contributed by atoms with Crippen LogP contribution < -0.4 is 5.32 Å². The molecule has 0 radical (unpaired) electrons. The van der Waals surface area contributed by atoms with Crippen molar-refractivity contribution in [3.05, 3.63) is 42.5 Å². The summed E-state index contributed by atoms with van der Waals surface area (Å²) in [4.78, 5) is 27.0. The van der Waals surface area contributed by atoms with E-state index in [1.165, 1.54) is 10.8 Å². The summed E-state index contributed by atoms with van der Waals surface area (Å²) in [5.74, 6) is 0.729. The third-order valence-corrected chi connectivity index (χ3v) is 5.68. The number of hydrogen-bond donors (Lipinski definition) is 1. The summed E-state index contributed by atoms with van der Waals surface area (Å²) in [6.45, 7) is 2.24. The Hall–Kier alpha value is -2.01. The van der Waals surface area contributed by atoms with Crippen LogP contribution in [0.5, 0.6) is 0 Å². The molecule has 4 nitrogen and oxygen atoms in total. The summed E-state index contributed by atoms with van der Waals surface area (Å²) in [6, 6.07) is 14.5. The van der Waals surface area contributed by atoms with Gasteiger partial charge in [0.1, 0.15) is 0 Å². The number of carbonyl (C=O) groups excluding carboxylic acids is 2. The SMILES string of the molecule is O=C(CSc1ccc2ccccc2c1)NCCCN1CCCCCC1=O. The van der Waals surface area contributed by atoms with Gasteiger partial charge in [0.15, 0.2) is 0 Å². The molecule has 2 aromatic carbocycles. The molecule has 0 aromatic heterocycles. The molecule has 0 atom stereocenters. The number of rotatable bonds is 7. The summed E-state index contributed by atoms with van der Waals surface area (Å²) >= 11 is 1.56. The molecule has 2 aromatic rings. The lowest BCUT2D eigenvalue weighted by molar-refractivity contribution is -0.130. The van der Waals surface area contributed by atoms with Crippen LogP contribution in [-0.4, -0.2) is 42.1 Å². The number of nitrogens with one attached hydrogen (secondary N) is 1. The third-order valence-electron chi connectivity index (χ3n) is 4.69. The fraction of sp³-hybridized carbons (Fsp3) is 0.429. The van der Waals surface area contributed by atoms with Crippen molar-refractivity contribution < 1.29 is 9.59 Å². The minimum Gasteiger partial charge on any atom is -0.355 e. The lowest BCUT2D eigenvalue weighted by atomic mass is 10.1. The van der Waals surface area contributed by atoms with Crippen molar-refractivity contribution in [3.8, 4) is 0 Å². The van der Waals surface area contributed by atoms with Gasteiger partial charge in [0, 0.05) is 31.0 Å². The van der Waals surface area contributed by atoms with Crippen LogP contribution in [0.4, 0.5) is 0 Å². The van der Waals surface area contributed by atoms with Gasteiger partial charge in [-0.1, -0.05) is 36.8 Å². The van der Waals surface area contributed by atoms with E-state index in [-0.39, 0.29) is 11.8 Å². The predicted octanol–water partition coefficient (Wildman–Crippen LogP) is 3.84. The zero-order chi connectivity index (χ0) is 18.2. The van der Waals surface area contributed by atoms with E-state index in [1.54, 1.807) is 11.8 Å². The normalized spacial score (nSPS) is 15.1. The number of thioether (sulfide) groups is 1. The summed E-state index contributed by atoms with van der Waals surface area (Å²) in [6.07, 6.45) is 4.75. The fourth-order valence-corrected chi connectivity index (χ4v) is 4.00. The van der Waals surface area contributed by atoms with E-state index in [4.69, 9.17) is 0 Å². The largest absolute Gasteiger partial charge is 0.355 e. The molecule has 1 aliphatic heterocycles. The first-order valence-corrected chi connectivity index (χ1v) is 10.4. The minimum atomic E-state index is 0.0466.